The Kier molecular flexibility index (Phi) is 12.2. The molecule has 0 saturated carbocycles. The monoisotopic (exact) mass is 399 g/mol. The maximum absolute atomic E-state index is 12.1. The Morgan fingerprint density at radius 3 is 2.73 bits per heavy atom. The van der Waals surface area contributed by atoms with Gasteiger partial charge in [0, 0.05) is 24.6 Å². The van der Waals surface area contributed by atoms with Crippen molar-refractivity contribution >= 4 is 12.0 Å². The van der Waals surface area contributed by atoms with Crippen molar-refractivity contribution in [3.05, 3.63) is 60.2 Å². The molecular weight excluding hydrogens is 377 g/mol. The summed E-state index contributed by atoms with van der Waals surface area (Å²) in [6.07, 6.45) is 9.35. The standard InChI is InChI=1S/C18H22N3O3.2ClH/c1-2-3-9-18(22)16-7-6-10-20(13-16)14-24-15-21-11-5-4-8-17(21)12-19-23;;/h4-8,10-13H,2-3,9,14-15H2,1H3;2*1H/q+1;;/p-1. The van der Waals surface area contributed by atoms with Gasteiger partial charge in [-0.05, 0) is 18.6 Å². The van der Waals surface area contributed by atoms with Crippen molar-refractivity contribution in [1.29, 1.82) is 0 Å². The zero-order valence-corrected chi connectivity index (χ0v) is 16.1. The first-order valence-electron chi connectivity index (χ1n) is 8.00. The number of halogens is 2. The molecule has 2 aromatic rings. The molecule has 26 heavy (non-hydrogen) atoms. The molecule has 0 aromatic carbocycles. The van der Waals surface area contributed by atoms with Gasteiger partial charge < -0.3 is 30.0 Å². The normalized spacial score (nSPS) is 10.2. The minimum Gasteiger partial charge on any atom is -1.00 e. The van der Waals surface area contributed by atoms with Crippen molar-refractivity contribution in [2.45, 2.75) is 39.6 Å². The Balaban J connectivity index is 0.00000312. The molecular formula is C18H23Cl2N3O3. The molecule has 0 spiro atoms. The van der Waals surface area contributed by atoms with E-state index in [1.165, 1.54) is 6.21 Å². The van der Waals surface area contributed by atoms with Crippen LogP contribution in [-0.4, -0.2) is 17.2 Å². The summed E-state index contributed by atoms with van der Waals surface area (Å²) in [5.74, 6) is 0.157. The van der Waals surface area contributed by atoms with E-state index in [2.05, 4.69) is 12.1 Å². The van der Waals surface area contributed by atoms with E-state index >= 15 is 0 Å². The molecule has 0 aliphatic heterocycles. The second-order valence-corrected chi connectivity index (χ2v) is 5.44. The maximum Gasteiger partial charge on any atom is 0.258 e. The van der Waals surface area contributed by atoms with Crippen LogP contribution in [0.25, 0.3) is 0 Å². The van der Waals surface area contributed by atoms with Crippen LogP contribution >= 0.6 is 0 Å². The molecule has 1 N–H and O–H groups in total. The zero-order valence-electron chi connectivity index (χ0n) is 14.6. The predicted molar refractivity (Wildman–Crippen MR) is 87.6 cm³/mol. The van der Waals surface area contributed by atoms with E-state index in [9.17, 15) is 4.79 Å². The average molecular weight is 400 g/mol. The van der Waals surface area contributed by atoms with Crippen LogP contribution in [0.4, 0.5) is 0 Å². The third-order valence-corrected chi connectivity index (χ3v) is 3.57. The van der Waals surface area contributed by atoms with Crippen LogP contribution in [0.1, 0.15) is 42.2 Å². The van der Waals surface area contributed by atoms with Crippen LogP contribution in [0.15, 0.2) is 54.1 Å². The first-order valence-corrected chi connectivity index (χ1v) is 8.00. The van der Waals surface area contributed by atoms with Gasteiger partial charge in [-0.3, -0.25) is 9.53 Å². The molecule has 0 aliphatic rings. The minimum absolute atomic E-state index is 0. The summed E-state index contributed by atoms with van der Waals surface area (Å²) < 4.78 is 9.33. The van der Waals surface area contributed by atoms with Crippen LogP contribution in [0.3, 0.4) is 0 Å². The van der Waals surface area contributed by atoms with E-state index in [1.54, 1.807) is 0 Å². The lowest BCUT2D eigenvalue weighted by Gasteiger charge is -2.02. The van der Waals surface area contributed by atoms with Crippen LogP contribution in [0, 0.1) is 0 Å². The second kappa shape index (κ2) is 13.2. The number of unbranched alkanes of at least 4 members (excludes halogenated alkanes) is 1. The van der Waals surface area contributed by atoms with Gasteiger partial charge in [0.1, 0.15) is 6.21 Å². The van der Waals surface area contributed by atoms with Gasteiger partial charge in [-0.15, -0.1) is 0 Å². The van der Waals surface area contributed by atoms with Crippen molar-refractivity contribution in [3.63, 3.8) is 0 Å². The fourth-order valence-corrected chi connectivity index (χ4v) is 2.28. The van der Waals surface area contributed by atoms with E-state index < -0.39 is 0 Å². The van der Waals surface area contributed by atoms with E-state index in [0.717, 1.165) is 18.5 Å². The number of carbonyl (C=O) groups is 1. The zero-order chi connectivity index (χ0) is 17.2. The lowest BCUT2D eigenvalue weighted by atomic mass is 10.1. The predicted octanol–water partition coefficient (Wildman–Crippen LogP) is -3.92. The summed E-state index contributed by atoms with van der Waals surface area (Å²) in [4.78, 5) is 12.1. The number of ether oxygens (including phenoxy) is 1. The second-order valence-electron chi connectivity index (χ2n) is 5.44. The Morgan fingerprint density at radius 1 is 1.19 bits per heavy atom. The fourth-order valence-electron chi connectivity index (χ4n) is 2.28. The van der Waals surface area contributed by atoms with Crippen LogP contribution in [0.5, 0.6) is 0 Å². The highest BCUT2D eigenvalue weighted by molar-refractivity contribution is 5.95. The van der Waals surface area contributed by atoms with Gasteiger partial charge in [0.25, 0.3) is 13.5 Å². The molecule has 0 radical (unpaired) electrons. The summed E-state index contributed by atoms with van der Waals surface area (Å²) in [5.41, 5.74) is 1.43. The van der Waals surface area contributed by atoms with Crippen molar-refractivity contribution < 1.29 is 48.7 Å². The van der Waals surface area contributed by atoms with Crippen molar-refractivity contribution in [3.8, 4) is 0 Å². The third kappa shape index (κ3) is 7.47. The quantitative estimate of drug-likeness (QED) is 0.154. The average Bonchev–Trinajstić information content (AvgIpc) is 2.61. The SMILES string of the molecule is CCCCC(=O)c1ccc[n+](COC[n+]2ccccc2/C=N/O)c1.[Cl-].[Cl-]. The molecule has 2 rings (SSSR count). The molecule has 0 saturated heterocycles. The summed E-state index contributed by atoms with van der Waals surface area (Å²) in [7, 11) is 0. The fraction of sp³-hybridized carbons (Fsp3) is 0.333. The number of aromatic nitrogens is 2. The highest BCUT2D eigenvalue weighted by Gasteiger charge is 2.12. The molecule has 6 nitrogen and oxygen atoms in total. The lowest BCUT2D eigenvalue weighted by molar-refractivity contribution is -0.788. The molecule has 142 valence electrons. The molecule has 0 atom stereocenters. The van der Waals surface area contributed by atoms with Gasteiger partial charge in [-0.2, -0.15) is 9.13 Å². The van der Waals surface area contributed by atoms with Crippen molar-refractivity contribution in [2.75, 3.05) is 0 Å². The third-order valence-electron chi connectivity index (χ3n) is 3.57. The maximum atomic E-state index is 12.1. The van der Waals surface area contributed by atoms with Gasteiger partial charge in [0.05, 0.1) is 5.56 Å². The van der Waals surface area contributed by atoms with Crippen molar-refractivity contribution in [1.82, 2.24) is 0 Å². The molecule has 0 aliphatic carbocycles. The Hall–Kier alpha value is -2.02. The van der Waals surface area contributed by atoms with Crippen LogP contribution < -0.4 is 33.9 Å². The van der Waals surface area contributed by atoms with E-state index in [-0.39, 0.29) is 30.6 Å². The molecule has 0 unspecified atom stereocenters. The number of nitrogens with zero attached hydrogens (tertiary/aromatic N) is 3. The minimum atomic E-state index is 0. The van der Waals surface area contributed by atoms with Gasteiger partial charge >= 0.3 is 0 Å². The first-order chi connectivity index (χ1) is 11.7. The molecule has 2 heterocycles. The molecule has 0 bridgehead atoms. The Morgan fingerprint density at radius 2 is 2.00 bits per heavy atom. The Labute approximate surface area is 165 Å². The Bertz CT molecular complexity index is 712. The number of pyridine rings is 2. The summed E-state index contributed by atoms with van der Waals surface area (Å²) in [6.45, 7) is 2.71. The summed E-state index contributed by atoms with van der Waals surface area (Å²) >= 11 is 0. The highest BCUT2D eigenvalue weighted by atomic mass is 35.5. The van der Waals surface area contributed by atoms with Gasteiger partial charge in [-0.25, -0.2) is 0 Å². The number of rotatable bonds is 9. The van der Waals surface area contributed by atoms with Gasteiger partial charge in [0.2, 0.25) is 5.69 Å². The van der Waals surface area contributed by atoms with Gasteiger partial charge in [-0.1, -0.05) is 18.5 Å². The van der Waals surface area contributed by atoms with Crippen molar-refractivity contribution in [2.24, 2.45) is 5.16 Å². The number of Topliss-reactive ketones (excluding diaryl/α,β-unsaturated/α-hetero) is 1. The number of ketones is 1. The number of carbonyl (C=O) groups excluding carboxylic acids is 1. The molecule has 0 fully saturated rings. The van der Waals surface area contributed by atoms with E-state index in [4.69, 9.17) is 9.94 Å². The molecule has 2 aromatic heterocycles. The molecule has 0 amide bonds. The summed E-state index contributed by atoms with van der Waals surface area (Å²) in [6, 6.07) is 9.23. The smallest absolute Gasteiger partial charge is 0.258 e. The largest absolute Gasteiger partial charge is 1.00 e. The number of hydrogen-bond acceptors (Lipinski definition) is 4. The van der Waals surface area contributed by atoms with E-state index in [0.29, 0.717) is 25.4 Å². The van der Waals surface area contributed by atoms with Crippen LogP contribution in [-0.2, 0) is 18.2 Å². The molecule has 8 heteroatoms. The first kappa shape index (κ1) is 24.0. The highest BCUT2D eigenvalue weighted by Crippen LogP contribution is 2.04. The topological polar surface area (TPSA) is 66.7 Å². The van der Waals surface area contributed by atoms with E-state index in [1.807, 2.05) is 58.1 Å². The lowest BCUT2D eigenvalue weighted by Crippen LogP contribution is -3.00. The van der Waals surface area contributed by atoms with Crippen LogP contribution in [0.2, 0.25) is 0 Å². The number of oxime groups is 1. The number of hydrogen-bond donors (Lipinski definition) is 1. The summed E-state index contributed by atoms with van der Waals surface area (Å²) in [5, 5.41) is 11.7. The van der Waals surface area contributed by atoms with Gasteiger partial charge in [0.15, 0.2) is 24.4 Å².